The molecule has 0 bridgehead atoms. The van der Waals surface area contributed by atoms with Gasteiger partial charge in [-0.3, -0.25) is 4.79 Å². The molecule has 1 amide bonds. The summed E-state index contributed by atoms with van der Waals surface area (Å²) < 4.78 is 5.31. The Labute approximate surface area is 169 Å². The van der Waals surface area contributed by atoms with E-state index < -0.39 is 5.54 Å². The number of carbonyl (C=O) groups excluding carboxylic acids is 1. The number of aromatic nitrogens is 1. The molecule has 0 radical (unpaired) electrons. The Morgan fingerprint density at radius 1 is 1.16 bits per heavy atom. The van der Waals surface area contributed by atoms with Gasteiger partial charge in [0.25, 0.3) is 0 Å². The van der Waals surface area contributed by atoms with Crippen molar-refractivity contribution in [1.29, 1.82) is 0 Å². The Morgan fingerprint density at radius 3 is 2.32 bits per heavy atom. The van der Waals surface area contributed by atoms with Gasteiger partial charge in [-0.15, -0.1) is 24.8 Å². The maximum Gasteiger partial charge on any atom is 0.242 e. The molecule has 0 spiro atoms. The summed E-state index contributed by atoms with van der Waals surface area (Å²) in [5.41, 5.74) is 5.51. The fraction of sp³-hybridized carbons (Fsp3) is 0.600. The van der Waals surface area contributed by atoms with Crippen molar-refractivity contribution in [2.45, 2.75) is 18.4 Å². The highest BCUT2D eigenvalue weighted by Gasteiger charge is 2.39. The number of nitrogens with two attached hydrogens (primary N) is 1. The van der Waals surface area contributed by atoms with E-state index in [2.05, 4.69) is 9.88 Å². The fourth-order valence-electron chi connectivity index (χ4n) is 3.03. The van der Waals surface area contributed by atoms with Gasteiger partial charge in [-0.25, -0.2) is 4.98 Å². The van der Waals surface area contributed by atoms with Crippen LogP contribution < -0.4 is 10.6 Å². The van der Waals surface area contributed by atoms with Gasteiger partial charge < -0.3 is 20.3 Å². The first-order valence-electron chi connectivity index (χ1n) is 7.72. The van der Waals surface area contributed by atoms with E-state index in [-0.39, 0.29) is 30.7 Å². The number of anilines is 1. The molecule has 6 nitrogen and oxygen atoms in total. The van der Waals surface area contributed by atoms with Crippen LogP contribution in [0.5, 0.6) is 0 Å². The van der Waals surface area contributed by atoms with Crippen LogP contribution in [0.25, 0.3) is 0 Å². The number of piperazine rings is 1. The van der Waals surface area contributed by atoms with Crippen molar-refractivity contribution in [2.24, 2.45) is 5.73 Å². The van der Waals surface area contributed by atoms with Crippen LogP contribution in [-0.2, 0) is 9.53 Å². The fourth-order valence-corrected chi connectivity index (χ4v) is 3.53. The molecule has 1 aromatic rings. The van der Waals surface area contributed by atoms with Crippen molar-refractivity contribution in [3.63, 3.8) is 0 Å². The predicted octanol–water partition coefficient (Wildman–Crippen LogP) is 2.39. The van der Waals surface area contributed by atoms with Crippen LogP contribution in [-0.4, -0.2) is 60.7 Å². The van der Waals surface area contributed by atoms with E-state index in [0.717, 1.165) is 0 Å². The summed E-state index contributed by atoms with van der Waals surface area (Å²) in [6.45, 7) is 3.66. The van der Waals surface area contributed by atoms with Gasteiger partial charge in [-0.2, -0.15) is 0 Å². The lowest BCUT2D eigenvalue weighted by Gasteiger charge is -2.41. The van der Waals surface area contributed by atoms with Gasteiger partial charge in [-0.05, 0) is 18.9 Å². The average Bonchev–Trinajstić information content (AvgIpc) is 2.55. The lowest BCUT2D eigenvalue weighted by molar-refractivity contribution is -0.140. The van der Waals surface area contributed by atoms with Crippen LogP contribution >= 0.6 is 48.0 Å². The molecule has 3 heterocycles. The quantitative estimate of drug-likeness (QED) is 0.778. The van der Waals surface area contributed by atoms with E-state index in [1.807, 2.05) is 4.90 Å². The Hall–Kier alpha value is -0.500. The zero-order valence-corrected chi connectivity index (χ0v) is 16.8. The van der Waals surface area contributed by atoms with E-state index in [9.17, 15) is 4.79 Å². The molecule has 3 rings (SSSR count). The van der Waals surface area contributed by atoms with Crippen molar-refractivity contribution in [3.05, 3.63) is 22.3 Å². The summed E-state index contributed by atoms with van der Waals surface area (Å²) in [4.78, 5) is 20.9. The van der Waals surface area contributed by atoms with Gasteiger partial charge in [0.1, 0.15) is 5.82 Å². The zero-order valence-electron chi connectivity index (χ0n) is 13.6. The van der Waals surface area contributed by atoms with Crippen LogP contribution in [0.1, 0.15) is 12.8 Å². The summed E-state index contributed by atoms with van der Waals surface area (Å²) in [7, 11) is 0. The molecular weight excluding hydrogens is 410 g/mol. The molecule has 0 saturated carbocycles. The molecule has 1 aromatic heterocycles. The standard InChI is InChI=1S/C15H20Cl2N4O2.2ClH/c16-11-9-12(17)13(19-10-11)20-3-5-21(6-4-20)14(22)15(18)1-7-23-8-2-15;;/h9-10H,1-8,18H2;2*1H. The number of ether oxygens (including phenoxy) is 1. The third kappa shape index (κ3) is 5.02. The second-order valence-corrected chi connectivity index (χ2v) is 6.85. The number of hydrogen-bond donors (Lipinski definition) is 1. The highest BCUT2D eigenvalue weighted by atomic mass is 35.5. The average molecular weight is 432 g/mol. The number of carbonyl (C=O) groups is 1. The lowest BCUT2D eigenvalue weighted by Crippen LogP contribution is -2.61. The number of amides is 1. The highest BCUT2D eigenvalue weighted by molar-refractivity contribution is 6.36. The molecule has 142 valence electrons. The third-order valence-electron chi connectivity index (χ3n) is 4.47. The normalized spacial score (nSPS) is 19.6. The number of halogens is 4. The molecule has 2 aliphatic rings. The maximum atomic E-state index is 12.7. The molecule has 0 atom stereocenters. The van der Waals surface area contributed by atoms with Crippen LogP contribution in [0, 0.1) is 0 Å². The monoisotopic (exact) mass is 430 g/mol. The summed E-state index contributed by atoms with van der Waals surface area (Å²) in [6.07, 6.45) is 2.74. The van der Waals surface area contributed by atoms with Gasteiger partial charge >= 0.3 is 0 Å². The molecule has 0 aromatic carbocycles. The Morgan fingerprint density at radius 2 is 1.76 bits per heavy atom. The first-order chi connectivity index (χ1) is 11.0. The van der Waals surface area contributed by atoms with Gasteiger partial charge in [0, 0.05) is 45.6 Å². The van der Waals surface area contributed by atoms with E-state index >= 15 is 0 Å². The Balaban J connectivity index is 0.00000156. The lowest BCUT2D eigenvalue weighted by atomic mass is 9.89. The van der Waals surface area contributed by atoms with Gasteiger partial charge in [-0.1, -0.05) is 23.2 Å². The zero-order chi connectivity index (χ0) is 16.4. The molecule has 10 heteroatoms. The highest BCUT2D eigenvalue weighted by Crippen LogP contribution is 2.27. The smallest absolute Gasteiger partial charge is 0.242 e. The van der Waals surface area contributed by atoms with Gasteiger partial charge in [0.15, 0.2) is 0 Å². The summed E-state index contributed by atoms with van der Waals surface area (Å²) in [5.74, 6) is 0.729. The van der Waals surface area contributed by atoms with Crippen molar-refractivity contribution >= 4 is 59.7 Å². The molecule has 2 saturated heterocycles. The molecule has 2 fully saturated rings. The number of rotatable bonds is 2. The number of pyridine rings is 1. The van der Waals surface area contributed by atoms with Crippen molar-refractivity contribution in [1.82, 2.24) is 9.88 Å². The molecule has 0 aliphatic carbocycles. The van der Waals surface area contributed by atoms with Crippen LogP contribution in [0.3, 0.4) is 0 Å². The predicted molar refractivity (Wildman–Crippen MR) is 105 cm³/mol. The number of hydrogen-bond acceptors (Lipinski definition) is 5. The van der Waals surface area contributed by atoms with Crippen LogP contribution in [0.4, 0.5) is 5.82 Å². The van der Waals surface area contributed by atoms with Crippen LogP contribution in [0.2, 0.25) is 10.0 Å². The second-order valence-electron chi connectivity index (χ2n) is 6.01. The molecule has 2 aliphatic heterocycles. The minimum Gasteiger partial charge on any atom is -0.381 e. The summed E-state index contributed by atoms with van der Waals surface area (Å²) in [6, 6.07) is 1.68. The maximum absolute atomic E-state index is 12.7. The molecular formula is C15H22Cl4N4O2. The van der Waals surface area contributed by atoms with Crippen molar-refractivity contribution in [3.8, 4) is 0 Å². The summed E-state index contributed by atoms with van der Waals surface area (Å²) >= 11 is 12.1. The van der Waals surface area contributed by atoms with Crippen molar-refractivity contribution < 1.29 is 9.53 Å². The van der Waals surface area contributed by atoms with Gasteiger partial charge in [0.05, 0.1) is 15.6 Å². The molecule has 25 heavy (non-hydrogen) atoms. The number of nitrogens with zero attached hydrogens (tertiary/aromatic N) is 3. The minimum atomic E-state index is -0.781. The Kier molecular flexibility index (Phi) is 8.51. The van der Waals surface area contributed by atoms with E-state index in [4.69, 9.17) is 33.7 Å². The van der Waals surface area contributed by atoms with E-state index in [0.29, 0.717) is 68.1 Å². The minimum absolute atomic E-state index is 0. The first-order valence-corrected chi connectivity index (χ1v) is 8.47. The topological polar surface area (TPSA) is 71.7 Å². The SMILES string of the molecule is Cl.Cl.NC1(C(=O)N2CCN(c3ncc(Cl)cc3Cl)CC2)CCOCC1. The Bertz CT molecular complexity index is 591. The summed E-state index contributed by atoms with van der Waals surface area (Å²) in [5, 5.41) is 1.04. The van der Waals surface area contributed by atoms with Crippen molar-refractivity contribution in [2.75, 3.05) is 44.3 Å². The second kappa shape index (κ2) is 9.44. The van der Waals surface area contributed by atoms with E-state index in [1.165, 1.54) is 0 Å². The third-order valence-corrected chi connectivity index (χ3v) is 4.95. The first kappa shape index (κ1) is 22.5. The van der Waals surface area contributed by atoms with Crippen LogP contribution in [0.15, 0.2) is 12.3 Å². The molecule has 0 unspecified atom stereocenters. The van der Waals surface area contributed by atoms with Gasteiger partial charge in [0.2, 0.25) is 5.91 Å². The molecule has 2 N–H and O–H groups in total. The van der Waals surface area contributed by atoms with E-state index in [1.54, 1.807) is 12.3 Å². The largest absolute Gasteiger partial charge is 0.381 e.